The Balaban J connectivity index is 2.72. The number of hydrogen-bond acceptors (Lipinski definition) is 3. The summed E-state index contributed by atoms with van der Waals surface area (Å²) in [5, 5.41) is 3.43. The third-order valence-corrected chi connectivity index (χ3v) is 5.65. The predicted molar refractivity (Wildman–Crippen MR) is 79.4 cm³/mol. The molecule has 0 saturated carbocycles. The lowest BCUT2D eigenvalue weighted by atomic mass is 9.58. The van der Waals surface area contributed by atoms with Crippen LogP contribution in [0.25, 0.3) is 0 Å². The van der Waals surface area contributed by atoms with Crippen LogP contribution in [0.15, 0.2) is 0 Å². The van der Waals surface area contributed by atoms with E-state index in [-0.39, 0.29) is 11.0 Å². The summed E-state index contributed by atoms with van der Waals surface area (Å²) < 4.78 is 0. The van der Waals surface area contributed by atoms with Gasteiger partial charge in [0.1, 0.15) is 0 Å². The van der Waals surface area contributed by atoms with Crippen LogP contribution in [0.3, 0.4) is 0 Å². The Morgan fingerprint density at radius 1 is 1.22 bits per heavy atom. The molecule has 0 bridgehead atoms. The van der Waals surface area contributed by atoms with Gasteiger partial charge < -0.3 is 16.8 Å². The van der Waals surface area contributed by atoms with E-state index in [9.17, 15) is 0 Å². The molecule has 1 heterocycles. The molecule has 0 aromatic carbocycles. The van der Waals surface area contributed by atoms with Gasteiger partial charge in [0.05, 0.1) is 0 Å². The van der Waals surface area contributed by atoms with E-state index in [4.69, 9.17) is 11.5 Å². The van der Waals surface area contributed by atoms with Crippen LogP contribution in [0.2, 0.25) is 0 Å². The monoisotopic (exact) mass is 255 g/mol. The molecule has 0 aromatic heterocycles. The van der Waals surface area contributed by atoms with Gasteiger partial charge in [-0.2, -0.15) is 0 Å². The summed E-state index contributed by atoms with van der Waals surface area (Å²) in [6.07, 6.45) is 4.70. The van der Waals surface area contributed by atoms with Gasteiger partial charge >= 0.3 is 0 Å². The van der Waals surface area contributed by atoms with Crippen LogP contribution in [-0.2, 0) is 0 Å². The third kappa shape index (κ3) is 3.25. The summed E-state index contributed by atoms with van der Waals surface area (Å²) in [5.41, 5.74) is 12.5. The molecule has 0 amide bonds. The molecule has 0 aromatic rings. The maximum atomic E-state index is 6.78. The molecule has 1 rings (SSSR count). The first-order chi connectivity index (χ1) is 8.34. The van der Waals surface area contributed by atoms with Crippen LogP contribution in [0.5, 0.6) is 0 Å². The Labute approximate surface area is 113 Å². The summed E-state index contributed by atoms with van der Waals surface area (Å²) in [5.74, 6) is 1.25. The standard InChI is InChI=1S/C15H33N3/c1-12(6-5-9-16)14(2,3)15(4,17)13-7-10-18-11-8-13/h12-13,18H,5-11,16-17H2,1-4H3. The van der Waals surface area contributed by atoms with Crippen LogP contribution < -0.4 is 16.8 Å². The summed E-state index contributed by atoms with van der Waals surface area (Å²) in [6.45, 7) is 12.3. The molecule has 5 N–H and O–H groups in total. The SMILES string of the molecule is CC(CCCN)C(C)(C)C(C)(N)C1CCNCC1. The molecule has 1 saturated heterocycles. The normalized spacial score (nSPS) is 23.7. The first kappa shape index (κ1) is 15.9. The van der Waals surface area contributed by atoms with E-state index in [1.807, 2.05) is 0 Å². The number of nitrogens with two attached hydrogens (primary N) is 2. The lowest BCUT2D eigenvalue weighted by Gasteiger charge is -2.51. The van der Waals surface area contributed by atoms with Crippen molar-refractivity contribution in [2.24, 2.45) is 28.7 Å². The van der Waals surface area contributed by atoms with E-state index in [1.54, 1.807) is 0 Å². The van der Waals surface area contributed by atoms with Gasteiger partial charge in [0.15, 0.2) is 0 Å². The fourth-order valence-corrected chi connectivity index (χ4v) is 3.26. The maximum Gasteiger partial charge on any atom is 0.0209 e. The molecule has 3 nitrogen and oxygen atoms in total. The molecule has 18 heavy (non-hydrogen) atoms. The summed E-state index contributed by atoms with van der Waals surface area (Å²) in [7, 11) is 0. The van der Waals surface area contributed by atoms with Crippen LogP contribution >= 0.6 is 0 Å². The van der Waals surface area contributed by atoms with Gasteiger partial charge in [0.2, 0.25) is 0 Å². The van der Waals surface area contributed by atoms with E-state index >= 15 is 0 Å². The zero-order valence-electron chi connectivity index (χ0n) is 12.8. The van der Waals surface area contributed by atoms with E-state index < -0.39 is 0 Å². The van der Waals surface area contributed by atoms with Crippen molar-refractivity contribution in [1.82, 2.24) is 5.32 Å². The zero-order chi connectivity index (χ0) is 13.8. The Bertz CT molecular complexity index is 242. The van der Waals surface area contributed by atoms with Crippen LogP contribution in [0.1, 0.15) is 53.4 Å². The number of rotatable bonds is 6. The lowest BCUT2D eigenvalue weighted by molar-refractivity contribution is 0.0381. The maximum absolute atomic E-state index is 6.78. The Hall–Kier alpha value is -0.120. The molecule has 1 aliphatic heterocycles. The van der Waals surface area contributed by atoms with Gasteiger partial charge in [0, 0.05) is 5.54 Å². The highest BCUT2D eigenvalue weighted by Gasteiger charge is 2.46. The van der Waals surface area contributed by atoms with Crippen LogP contribution in [-0.4, -0.2) is 25.2 Å². The Kier molecular flexibility index (Phi) is 5.63. The molecule has 2 atom stereocenters. The minimum atomic E-state index is -0.0941. The molecule has 3 heteroatoms. The zero-order valence-corrected chi connectivity index (χ0v) is 12.8. The van der Waals surface area contributed by atoms with Crippen molar-refractivity contribution < 1.29 is 0 Å². The van der Waals surface area contributed by atoms with Gasteiger partial charge in [-0.3, -0.25) is 0 Å². The highest BCUT2D eigenvalue weighted by Crippen LogP contribution is 2.44. The molecular formula is C15H33N3. The number of hydrogen-bond donors (Lipinski definition) is 3. The van der Waals surface area contributed by atoms with Gasteiger partial charge in [-0.25, -0.2) is 0 Å². The summed E-state index contributed by atoms with van der Waals surface area (Å²) in [4.78, 5) is 0. The Morgan fingerprint density at radius 3 is 2.28 bits per heavy atom. The predicted octanol–water partition coefficient (Wildman–Crippen LogP) is 2.10. The first-order valence-corrected chi connectivity index (χ1v) is 7.53. The molecule has 0 radical (unpaired) electrons. The van der Waals surface area contributed by atoms with Crippen molar-refractivity contribution in [3.63, 3.8) is 0 Å². The second kappa shape index (κ2) is 6.36. The lowest BCUT2D eigenvalue weighted by Crippen LogP contribution is -2.59. The van der Waals surface area contributed by atoms with Crippen molar-refractivity contribution in [2.75, 3.05) is 19.6 Å². The van der Waals surface area contributed by atoms with E-state index in [2.05, 4.69) is 33.0 Å². The molecule has 108 valence electrons. The van der Waals surface area contributed by atoms with Crippen molar-refractivity contribution in [3.8, 4) is 0 Å². The quantitative estimate of drug-likeness (QED) is 0.681. The number of nitrogens with one attached hydrogen (secondary N) is 1. The highest BCUT2D eigenvalue weighted by atomic mass is 14.9. The average molecular weight is 255 g/mol. The van der Waals surface area contributed by atoms with E-state index in [0.717, 1.165) is 26.1 Å². The molecule has 1 aliphatic rings. The van der Waals surface area contributed by atoms with Crippen molar-refractivity contribution in [2.45, 2.75) is 58.9 Å². The molecule has 2 unspecified atom stereocenters. The molecule has 0 spiro atoms. The van der Waals surface area contributed by atoms with Gasteiger partial charge in [-0.05, 0) is 69.5 Å². The van der Waals surface area contributed by atoms with Crippen molar-refractivity contribution in [3.05, 3.63) is 0 Å². The fourth-order valence-electron chi connectivity index (χ4n) is 3.26. The van der Waals surface area contributed by atoms with Crippen molar-refractivity contribution >= 4 is 0 Å². The molecular weight excluding hydrogens is 222 g/mol. The van der Waals surface area contributed by atoms with Crippen LogP contribution in [0, 0.1) is 17.3 Å². The van der Waals surface area contributed by atoms with Gasteiger partial charge in [-0.15, -0.1) is 0 Å². The van der Waals surface area contributed by atoms with E-state index in [1.165, 1.54) is 19.3 Å². The largest absolute Gasteiger partial charge is 0.330 e. The van der Waals surface area contributed by atoms with Crippen LogP contribution in [0.4, 0.5) is 0 Å². The Morgan fingerprint density at radius 2 is 1.78 bits per heavy atom. The molecule has 0 aliphatic carbocycles. The van der Waals surface area contributed by atoms with Gasteiger partial charge in [-0.1, -0.05) is 20.8 Å². The molecule has 1 fully saturated rings. The topological polar surface area (TPSA) is 64.1 Å². The van der Waals surface area contributed by atoms with Gasteiger partial charge in [0.25, 0.3) is 0 Å². The van der Waals surface area contributed by atoms with Crippen molar-refractivity contribution in [1.29, 1.82) is 0 Å². The average Bonchev–Trinajstić information content (AvgIpc) is 2.36. The van der Waals surface area contributed by atoms with E-state index in [0.29, 0.717) is 11.8 Å². The first-order valence-electron chi connectivity index (χ1n) is 7.53. The summed E-state index contributed by atoms with van der Waals surface area (Å²) >= 11 is 0. The minimum Gasteiger partial charge on any atom is -0.330 e. The second-order valence-corrected chi connectivity index (χ2v) is 6.86. The minimum absolute atomic E-state index is 0.0941. The third-order valence-electron chi connectivity index (χ3n) is 5.65. The smallest absolute Gasteiger partial charge is 0.0209 e. The number of piperidine rings is 1. The highest BCUT2D eigenvalue weighted by molar-refractivity contribution is 5.02. The summed E-state index contributed by atoms with van der Waals surface area (Å²) in [6, 6.07) is 0. The fraction of sp³-hybridized carbons (Fsp3) is 1.00. The second-order valence-electron chi connectivity index (χ2n) is 6.86.